The second-order valence-electron chi connectivity index (χ2n) is 4.95. The molecule has 0 amide bonds. The molecule has 0 N–H and O–H groups in total. The minimum atomic E-state index is -0.687. The second kappa shape index (κ2) is 6.86. The Morgan fingerprint density at radius 3 is 2.65 bits per heavy atom. The Balaban J connectivity index is 2.16. The van der Waals surface area contributed by atoms with Crippen LogP contribution in [0.15, 0.2) is 24.3 Å². The van der Waals surface area contributed by atoms with Gasteiger partial charge >= 0.3 is 0 Å². The van der Waals surface area contributed by atoms with Crippen LogP contribution in [0, 0.1) is 0 Å². The zero-order chi connectivity index (χ0) is 14.4. The standard InChI is InChI=1S/C16H22O4/c1-3-20-16(8-10-19-11-9-16)15(17)12-13-6-4-5-7-14(13)18-2/h4-7H,3,8-12H2,1-2H3. The number of hydrogen-bond acceptors (Lipinski definition) is 4. The third kappa shape index (κ3) is 3.19. The smallest absolute Gasteiger partial charge is 0.169 e. The predicted octanol–water partition coefficient (Wildman–Crippen LogP) is 2.39. The Bertz CT molecular complexity index is 444. The monoisotopic (exact) mass is 278 g/mol. The quantitative estimate of drug-likeness (QED) is 0.801. The van der Waals surface area contributed by atoms with Gasteiger partial charge in [0.25, 0.3) is 0 Å². The lowest BCUT2D eigenvalue weighted by atomic mass is 9.86. The van der Waals surface area contributed by atoms with Gasteiger partial charge in [0.05, 0.1) is 7.11 Å². The van der Waals surface area contributed by atoms with Crippen molar-refractivity contribution in [2.24, 2.45) is 0 Å². The van der Waals surface area contributed by atoms with Crippen molar-refractivity contribution < 1.29 is 19.0 Å². The lowest BCUT2D eigenvalue weighted by molar-refractivity contribution is -0.156. The van der Waals surface area contributed by atoms with E-state index in [0.29, 0.717) is 39.1 Å². The van der Waals surface area contributed by atoms with Gasteiger partial charge in [0.1, 0.15) is 11.4 Å². The predicted molar refractivity (Wildman–Crippen MR) is 76.1 cm³/mol. The van der Waals surface area contributed by atoms with Crippen LogP contribution in [0.25, 0.3) is 0 Å². The van der Waals surface area contributed by atoms with Gasteiger partial charge in [0.15, 0.2) is 5.78 Å². The fourth-order valence-corrected chi connectivity index (χ4v) is 2.66. The highest BCUT2D eigenvalue weighted by molar-refractivity contribution is 5.89. The van der Waals surface area contributed by atoms with Gasteiger partial charge in [-0.05, 0) is 13.0 Å². The minimum absolute atomic E-state index is 0.118. The van der Waals surface area contributed by atoms with E-state index in [0.717, 1.165) is 11.3 Å². The van der Waals surface area contributed by atoms with E-state index in [-0.39, 0.29) is 5.78 Å². The summed E-state index contributed by atoms with van der Waals surface area (Å²) in [4.78, 5) is 12.7. The molecule has 0 unspecified atom stereocenters. The molecule has 0 atom stereocenters. The van der Waals surface area contributed by atoms with E-state index in [1.54, 1.807) is 7.11 Å². The van der Waals surface area contributed by atoms with Crippen LogP contribution in [0.2, 0.25) is 0 Å². The van der Waals surface area contributed by atoms with Gasteiger partial charge < -0.3 is 14.2 Å². The highest BCUT2D eigenvalue weighted by Gasteiger charge is 2.40. The number of hydrogen-bond donors (Lipinski definition) is 0. The summed E-state index contributed by atoms with van der Waals surface area (Å²) >= 11 is 0. The van der Waals surface area contributed by atoms with Crippen LogP contribution < -0.4 is 4.74 Å². The van der Waals surface area contributed by atoms with Crippen LogP contribution in [0.5, 0.6) is 5.75 Å². The molecule has 0 bridgehead atoms. The third-order valence-electron chi connectivity index (χ3n) is 3.77. The summed E-state index contributed by atoms with van der Waals surface area (Å²) in [6.45, 7) is 3.63. The van der Waals surface area contributed by atoms with Crippen molar-refractivity contribution in [2.45, 2.75) is 31.8 Å². The highest BCUT2D eigenvalue weighted by Crippen LogP contribution is 2.29. The van der Waals surface area contributed by atoms with E-state index < -0.39 is 5.60 Å². The first-order valence-electron chi connectivity index (χ1n) is 7.09. The van der Waals surface area contributed by atoms with Gasteiger partial charge in [-0.15, -0.1) is 0 Å². The topological polar surface area (TPSA) is 44.8 Å². The summed E-state index contributed by atoms with van der Waals surface area (Å²) in [5, 5.41) is 0. The second-order valence-corrected chi connectivity index (χ2v) is 4.95. The SMILES string of the molecule is CCOC1(C(=O)Cc2ccccc2OC)CCOCC1. The Morgan fingerprint density at radius 2 is 2.00 bits per heavy atom. The number of ketones is 1. The van der Waals surface area contributed by atoms with Gasteiger partial charge in [-0.1, -0.05) is 18.2 Å². The van der Waals surface area contributed by atoms with Crippen molar-refractivity contribution in [3.05, 3.63) is 29.8 Å². The van der Waals surface area contributed by atoms with Crippen molar-refractivity contribution in [3.8, 4) is 5.75 Å². The first kappa shape index (κ1) is 15.0. The summed E-state index contributed by atoms with van der Waals surface area (Å²) in [5.41, 5.74) is 0.221. The molecule has 2 rings (SSSR count). The summed E-state index contributed by atoms with van der Waals surface area (Å²) in [6, 6.07) is 7.62. The fraction of sp³-hybridized carbons (Fsp3) is 0.562. The Morgan fingerprint density at radius 1 is 1.30 bits per heavy atom. The molecule has 1 aliphatic rings. The van der Waals surface area contributed by atoms with E-state index in [2.05, 4.69) is 0 Å². The van der Waals surface area contributed by atoms with E-state index in [9.17, 15) is 4.79 Å². The zero-order valence-electron chi connectivity index (χ0n) is 12.2. The average molecular weight is 278 g/mol. The zero-order valence-corrected chi connectivity index (χ0v) is 12.2. The molecule has 1 aromatic rings. The maximum Gasteiger partial charge on any atom is 0.169 e. The molecule has 20 heavy (non-hydrogen) atoms. The number of rotatable bonds is 6. The minimum Gasteiger partial charge on any atom is -0.496 e. The van der Waals surface area contributed by atoms with E-state index in [1.807, 2.05) is 31.2 Å². The lowest BCUT2D eigenvalue weighted by Gasteiger charge is -2.35. The molecule has 0 spiro atoms. The Hall–Kier alpha value is -1.39. The molecule has 1 heterocycles. The van der Waals surface area contributed by atoms with Crippen LogP contribution in [0.4, 0.5) is 0 Å². The van der Waals surface area contributed by atoms with Crippen molar-refractivity contribution in [3.63, 3.8) is 0 Å². The number of carbonyl (C=O) groups excluding carboxylic acids is 1. The maximum absolute atomic E-state index is 12.7. The molecule has 110 valence electrons. The average Bonchev–Trinajstić information content (AvgIpc) is 2.49. The van der Waals surface area contributed by atoms with Crippen molar-refractivity contribution in [1.82, 2.24) is 0 Å². The number of benzene rings is 1. The van der Waals surface area contributed by atoms with Crippen molar-refractivity contribution in [1.29, 1.82) is 0 Å². The Kier molecular flexibility index (Phi) is 5.15. The van der Waals surface area contributed by atoms with Crippen LogP contribution in [0.3, 0.4) is 0 Å². The van der Waals surface area contributed by atoms with E-state index in [4.69, 9.17) is 14.2 Å². The molecule has 1 saturated heterocycles. The highest BCUT2D eigenvalue weighted by atomic mass is 16.5. The number of Topliss-reactive ketones (excluding diaryl/α,β-unsaturated/α-hetero) is 1. The van der Waals surface area contributed by atoms with Crippen LogP contribution >= 0.6 is 0 Å². The summed E-state index contributed by atoms with van der Waals surface area (Å²) in [7, 11) is 1.62. The van der Waals surface area contributed by atoms with Crippen LogP contribution in [-0.2, 0) is 20.7 Å². The normalized spacial score (nSPS) is 17.7. The molecule has 4 heteroatoms. The molecule has 0 aromatic heterocycles. The van der Waals surface area contributed by atoms with Crippen LogP contribution in [-0.4, -0.2) is 38.3 Å². The summed E-state index contributed by atoms with van der Waals surface area (Å²) < 4.78 is 16.5. The molecule has 0 saturated carbocycles. The van der Waals surface area contributed by atoms with Gasteiger partial charge in [0, 0.05) is 44.6 Å². The lowest BCUT2D eigenvalue weighted by Crippen LogP contribution is -2.47. The number of ether oxygens (including phenoxy) is 3. The van der Waals surface area contributed by atoms with Gasteiger partial charge in [-0.3, -0.25) is 4.79 Å². The first-order valence-corrected chi connectivity index (χ1v) is 7.09. The van der Waals surface area contributed by atoms with E-state index >= 15 is 0 Å². The molecule has 1 fully saturated rings. The van der Waals surface area contributed by atoms with Crippen molar-refractivity contribution >= 4 is 5.78 Å². The largest absolute Gasteiger partial charge is 0.496 e. The molecule has 1 aliphatic heterocycles. The summed E-state index contributed by atoms with van der Waals surface area (Å²) in [5.74, 6) is 0.867. The van der Waals surface area contributed by atoms with E-state index in [1.165, 1.54) is 0 Å². The first-order chi connectivity index (χ1) is 9.72. The summed E-state index contributed by atoms with van der Waals surface area (Å²) in [6.07, 6.45) is 1.60. The van der Waals surface area contributed by atoms with Gasteiger partial charge in [-0.2, -0.15) is 0 Å². The Labute approximate surface area is 120 Å². The molecule has 1 aromatic carbocycles. The van der Waals surface area contributed by atoms with Gasteiger partial charge in [0.2, 0.25) is 0 Å². The molecular weight excluding hydrogens is 256 g/mol. The molecular formula is C16H22O4. The maximum atomic E-state index is 12.7. The van der Waals surface area contributed by atoms with Gasteiger partial charge in [-0.25, -0.2) is 0 Å². The number of para-hydroxylation sites is 1. The molecule has 0 aliphatic carbocycles. The number of methoxy groups -OCH3 is 1. The number of carbonyl (C=O) groups is 1. The molecule has 4 nitrogen and oxygen atoms in total. The molecule has 0 radical (unpaired) electrons. The van der Waals surface area contributed by atoms with Crippen molar-refractivity contribution in [2.75, 3.05) is 26.9 Å². The van der Waals surface area contributed by atoms with Crippen LogP contribution in [0.1, 0.15) is 25.3 Å². The fourth-order valence-electron chi connectivity index (χ4n) is 2.66. The third-order valence-corrected chi connectivity index (χ3v) is 3.77.